The monoisotopic (exact) mass is 494 g/mol. The van der Waals surface area contributed by atoms with Crippen LogP contribution in [0.1, 0.15) is 96.3 Å². The van der Waals surface area contributed by atoms with E-state index < -0.39 is 30.4 Å². The highest BCUT2D eigenvalue weighted by molar-refractivity contribution is 5.60. The Labute approximate surface area is 199 Å². The van der Waals surface area contributed by atoms with Crippen molar-refractivity contribution < 1.29 is 58.6 Å². The molecule has 1 saturated carbocycles. The van der Waals surface area contributed by atoms with E-state index in [-0.39, 0.29) is 0 Å². The summed E-state index contributed by atoms with van der Waals surface area (Å²) in [7, 11) is 0. The molecule has 0 heterocycles. The van der Waals surface area contributed by atoms with E-state index in [4.69, 9.17) is 20.4 Å². The number of carboxylic acid groups (broad SMARTS) is 4. The van der Waals surface area contributed by atoms with Crippen LogP contribution in [0.15, 0.2) is 0 Å². The normalized spacial score (nSPS) is 13.4. The lowest BCUT2D eigenvalue weighted by Crippen LogP contribution is -2.45. The lowest BCUT2D eigenvalue weighted by molar-refractivity contribution is -0.224. The summed E-state index contributed by atoms with van der Waals surface area (Å²) < 4.78 is 17.5. The Morgan fingerprint density at radius 3 is 1.00 bits per heavy atom. The van der Waals surface area contributed by atoms with Crippen molar-refractivity contribution in [3.8, 4) is 0 Å². The van der Waals surface area contributed by atoms with Crippen molar-refractivity contribution in [3.63, 3.8) is 0 Å². The van der Waals surface area contributed by atoms with Crippen LogP contribution in [0.25, 0.3) is 0 Å². The largest absolute Gasteiger partial charge is 0.509 e. The molecule has 1 aliphatic rings. The fourth-order valence-corrected chi connectivity index (χ4v) is 3.30. The van der Waals surface area contributed by atoms with E-state index >= 15 is 0 Å². The van der Waals surface area contributed by atoms with Crippen LogP contribution in [0.2, 0.25) is 0 Å². The molecule has 0 radical (unpaired) electrons. The molecule has 0 amide bonds. The molecule has 12 nitrogen and oxygen atoms in total. The van der Waals surface area contributed by atoms with Crippen LogP contribution in [0.3, 0.4) is 0 Å². The molecule has 1 fully saturated rings. The third-order valence-electron chi connectivity index (χ3n) is 5.15. The first kappa shape index (κ1) is 31.1. The molecular weight excluding hydrogens is 456 g/mol. The van der Waals surface area contributed by atoms with E-state index in [1.54, 1.807) is 0 Å². The molecule has 0 spiro atoms. The van der Waals surface area contributed by atoms with Crippen LogP contribution < -0.4 is 0 Å². The molecule has 0 aliphatic heterocycles. The summed E-state index contributed by atoms with van der Waals surface area (Å²) in [6.07, 6.45) is 9.30. The highest BCUT2D eigenvalue weighted by Crippen LogP contribution is 2.36. The first-order valence-electron chi connectivity index (χ1n) is 11.7. The molecule has 0 atom stereocenters. The molecule has 12 heteroatoms. The predicted octanol–water partition coefficient (Wildman–Crippen LogP) is 6.31. The quantitative estimate of drug-likeness (QED) is 0.0764. The van der Waals surface area contributed by atoms with Crippen molar-refractivity contribution in [2.75, 3.05) is 13.2 Å². The van der Waals surface area contributed by atoms with Gasteiger partial charge in [0.05, 0.1) is 13.2 Å². The average Bonchev–Trinajstić information content (AvgIpc) is 2.71. The summed E-state index contributed by atoms with van der Waals surface area (Å²) in [4.78, 5) is 40.4. The second-order valence-electron chi connectivity index (χ2n) is 7.97. The van der Waals surface area contributed by atoms with Crippen molar-refractivity contribution in [2.24, 2.45) is 0 Å². The van der Waals surface area contributed by atoms with Crippen molar-refractivity contribution in [2.45, 2.75) is 102 Å². The average molecular weight is 495 g/mol. The molecular formula is C22H38O12. The molecule has 1 aliphatic carbocycles. The van der Waals surface area contributed by atoms with Crippen LogP contribution >= 0.6 is 0 Å². The van der Waals surface area contributed by atoms with Crippen LogP contribution in [0.4, 0.5) is 19.2 Å². The fraction of sp³-hybridized carbons (Fsp3) is 0.818. The predicted molar refractivity (Wildman–Crippen MR) is 118 cm³/mol. The number of ether oxygens (including phenoxy) is 4. The van der Waals surface area contributed by atoms with Crippen molar-refractivity contribution >= 4 is 24.6 Å². The van der Waals surface area contributed by atoms with Gasteiger partial charge in [-0.1, -0.05) is 64.2 Å². The Kier molecular flexibility index (Phi) is 17.9. The maximum atomic E-state index is 10.1. The van der Waals surface area contributed by atoms with E-state index in [9.17, 15) is 19.2 Å². The van der Waals surface area contributed by atoms with E-state index in [2.05, 4.69) is 18.9 Å². The Morgan fingerprint density at radius 1 is 0.500 bits per heavy atom. The van der Waals surface area contributed by atoms with Crippen molar-refractivity contribution in [3.05, 3.63) is 0 Å². The molecule has 0 saturated heterocycles. The first-order chi connectivity index (χ1) is 16.2. The van der Waals surface area contributed by atoms with Gasteiger partial charge in [-0.25, -0.2) is 19.2 Å². The van der Waals surface area contributed by atoms with Gasteiger partial charge in [-0.3, -0.25) is 0 Å². The van der Waals surface area contributed by atoms with Gasteiger partial charge in [-0.15, -0.1) is 0 Å². The highest BCUT2D eigenvalue weighted by atomic mass is 16.8. The SMILES string of the molecule is O=C(O)OC1(OC(=O)O)CCC1.O=C(O)OCCCCCCCCCCCCCCOC(=O)O. The fourth-order valence-electron chi connectivity index (χ4n) is 3.30. The maximum absolute atomic E-state index is 10.1. The summed E-state index contributed by atoms with van der Waals surface area (Å²) in [5.74, 6) is -1.43. The van der Waals surface area contributed by atoms with E-state index in [0.717, 1.165) is 38.5 Å². The number of rotatable bonds is 17. The number of unbranched alkanes of at least 4 members (excludes halogenated alkanes) is 11. The third kappa shape index (κ3) is 19.7. The first-order valence-corrected chi connectivity index (χ1v) is 11.7. The molecule has 1 rings (SSSR count). The molecule has 0 bridgehead atoms. The summed E-state index contributed by atoms with van der Waals surface area (Å²) in [5.41, 5.74) is 0. The number of hydrogen-bond donors (Lipinski definition) is 4. The highest BCUT2D eigenvalue weighted by Gasteiger charge is 2.45. The maximum Gasteiger partial charge on any atom is 0.509 e. The van der Waals surface area contributed by atoms with Gasteiger partial charge >= 0.3 is 24.6 Å². The van der Waals surface area contributed by atoms with Gasteiger partial charge < -0.3 is 39.4 Å². The van der Waals surface area contributed by atoms with Crippen LogP contribution in [0, 0.1) is 0 Å². The Morgan fingerprint density at radius 2 is 0.794 bits per heavy atom. The van der Waals surface area contributed by atoms with Gasteiger partial charge in [-0.05, 0) is 19.3 Å². The Bertz CT molecular complexity index is 542. The van der Waals surface area contributed by atoms with E-state index in [0.29, 0.717) is 32.5 Å². The van der Waals surface area contributed by atoms with E-state index in [1.165, 1.54) is 38.5 Å². The molecule has 198 valence electrons. The van der Waals surface area contributed by atoms with Gasteiger partial charge in [0.25, 0.3) is 5.79 Å². The standard InChI is InChI=1S/C16H30O6.C6H8O6/c17-15(18)21-13-11-9-7-5-3-1-2-4-6-8-10-12-14-22-16(19)20;7-4(8)11-6(2-1-3-6)12-5(9)10/h1-14H2,(H,17,18)(H,19,20);1-3H2,(H,7,8)(H,9,10). The van der Waals surface area contributed by atoms with Crippen LogP contribution in [-0.2, 0) is 18.9 Å². The second-order valence-corrected chi connectivity index (χ2v) is 7.97. The summed E-state index contributed by atoms with van der Waals surface area (Å²) in [5, 5.41) is 33.0. The molecule has 0 unspecified atom stereocenters. The number of hydrogen-bond acceptors (Lipinski definition) is 8. The zero-order valence-corrected chi connectivity index (χ0v) is 19.6. The zero-order valence-electron chi connectivity index (χ0n) is 19.6. The smallest absolute Gasteiger partial charge is 0.450 e. The third-order valence-corrected chi connectivity index (χ3v) is 5.15. The van der Waals surface area contributed by atoms with Gasteiger partial charge in [0.15, 0.2) is 0 Å². The summed E-state index contributed by atoms with van der Waals surface area (Å²) >= 11 is 0. The van der Waals surface area contributed by atoms with Gasteiger partial charge in [0, 0.05) is 12.8 Å². The van der Waals surface area contributed by atoms with Crippen LogP contribution in [0.5, 0.6) is 0 Å². The topological polar surface area (TPSA) is 186 Å². The van der Waals surface area contributed by atoms with Crippen molar-refractivity contribution in [1.82, 2.24) is 0 Å². The summed E-state index contributed by atoms with van der Waals surface area (Å²) in [6, 6.07) is 0. The number of carbonyl (C=O) groups is 4. The molecule has 0 aromatic carbocycles. The molecule has 4 N–H and O–H groups in total. The van der Waals surface area contributed by atoms with Crippen LogP contribution in [-0.4, -0.2) is 64.0 Å². The van der Waals surface area contributed by atoms with Gasteiger partial charge in [0.2, 0.25) is 0 Å². The summed E-state index contributed by atoms with van der Waals surface area (Å²) in [6.45, 7) is 0.625. The van der Waals surface area contributed by atoms with E-state index in [1.807, 2.05) is 0 Å². The Hall–Kier alpha value is -2.92. The van der Waals surface area contributed by atoms with Gasteiger partial charge in [-0.2, -0.15) is 0 Å². The second kappa shape index (κ2) is 19.5. The lowest BCUT2D eigenvalue weighted by atomic mass is 9.91. The van der Waals surface area contributed by atoms with Crippen molar-refractivity contribution in [1.29, 1.82) is 0 Å². The lowest BCUT2D eigenvalue weighted by Gasteiger charge is -2.37. The minimum absolute atomic E-state index is 0.297. The minimum Gasteiger partial charge on any atom is -0.450 e. The Balaban J connectivity index is 0.000000757. The minimum atomic E-state index is -1.52. The van der Waals surface area contributed by atoms with Gasteiger partial charge in [0.1, 0.15) is 0 Å². The molecule has 0 aromatic heterocycles. The zero-order chi connectivity index (χ0) is 25.7. The molecule has 0 aromatic rings. The molecule has 34 heavy (non-hydrogen) atoms.